The van der Waals surface area contributed by atoms with Gasteiger partial charge in [-0.2, -0.15) is 4.31 Å². The van der Waals surface area contributed by atoms with Gasteiger partial charge in [-0.05, 0) is 39.5 Å². The van der Waals surface area contributed by atoms with Crippen molar-refractivity contribution in [2.75, 3.05) is 19.4 Å². The first-order valence-corrected chi connectivity index (χ1v) is 9.28. The first-order chi connectivity index (χ1) is 9.19. The summed E-state index contributed by atoms with van der Waals surface area (Å²) >= 11 is 0. The molecule has 128 valence electrons. The van der Waals surface area contributed by atoms with Crippen LogP contribution in [0.5, 0.6) is 0 Å². The van der Waals surface area contributed by atoms with E-state index in [4.69, 9.17) is 4.74 Å². The smallest absolute Gasteiger partial charge is 0.211 e. The van der Waals surface area contributed by atoms with E-state index in [9.17, 15) is 13.5 Å². The summed E-state index contributed by atoms with van der Waals surface area (Å²) in [6.07, 6.45) is 1.28. The maximum atomic E-state index is 12.0. The van der Waals surface area contributed by atoms with Gasteiger partial charge in [0, 0.05) is 18.7 Å². The van der Waals surface area contributed by atoms with E-state index in [1.807, 2.05) is 27.7 Å². The zero-order chi connectivity index (χ0) is 17.1. The molecule has 2 atom stereocenters. The minimum Gasteiger partial charge on any atom is -0.396 e. The van der Waals surface area contributed by atoms with Crippen LogP contribution in [0.3, 0.4) is 0 Å². The van der Waals surface area contributed by atoms with Crippen LogP contribution in [0.15, 0.2) is 0 Å². The molecule has 5 nitrogen and oxygen atoms in total. The number of ether oxygens (including phenoxy) is 1. The second kappa shape index (κ2) is 7.40. The molecule has 0 aliphatic carbocycles. The van der Waals surface area contributed by atoms with Crippen LogP contribution in [-0.2, 0) is 14.8 Å². The summed E-state index contributed by atoms with van der Waals surface area (Å²) in [5.41, 5.74) is -0.555. The van der Waals surface area contributed by atoms with Crippen LogP contribution in [0.1, 0.15) is 54.9 Å². The second-order valence-corrected chi connectivity index (χ2v) is 9.65. The van der Waals surface area contributed by atoms with E-state index in [1.54, 1.807) is 0 Å². The fourth-order valence-corrected chi connectivity index (χ4v) is 3.36. The minimum atomic E-state index is -3.34. The van der Waals surface area contributed by atoms with Gasteiger partial charge in [-0.1, -0.05) is 20.8 Å². The Morgan fingerprint density at radius 2 is 1.62 bits per heavy atom. The lowest BCUT2D eigenvalue weighted by molar-refractivity contribution is -0.0721. The van der Waals surface area contributed by atoms with Crippen LogP contribution in [0, 0.1) is 5.41 Å². The molecule has 0 radical (unpaired) electrons. The number of hydrogen-bond acceptors (Lipinski definition) is 4. The van der Waals surface area contributed by atoms with Gasteiger partial charge >= 0.3 is 0 Å². The lowest BCUT2D eigenvalue weighted by Gasteiger charge is -2.38. The molecule has 2 unspecified atom stereocenters. The van der Waals surface area contributed by atoms with Crippen molar-refractivity contribution >= 4 is 10.0 Å². The average Bonchev–Trinajstić information content (AvgIpc) is 2.21. The number of sulfonamides is 1. The first kappa shape index (κ1) is 20.8. The van der Waals surface area contributed by atoms with Gasteiger partial charge < -0.3 is 9.84 Å². The van der Waals surface area contributed by atoms with Gasteiger partial charge in [0.1, 0.15) is 0 Å². The fourth-order valence-electron chi connectivity index (χ4n) is 1.93. The number of aliphatic hydroxyl groups excluding tert-OH is 1. The van der Waals surface area contributed by atoms with Crippen LogP contribution in [0.4, 0.5) is 0 Å². The molecule has 0 fully saturated rings. The zero-order valence-electron chi connectivity index (χ0n) is 14.8. The van der Waals surface area contributed by atoms with Crippen LogP contribution in [-0.4, -0.2) is 55.0 Å². The summed E-state index contributed by atoms with van der Waals surface area (Å²) < 4.78 is 31.5. The standard InChI is InChI=1S/C15H33NO4S/c1-12(14(2,3)4)20-13(9-10-17)11-16(15(5,6)7)21(8,18)19/h12-13,17H,9-11H2,1-8H3. The van der Waals surface area contributed by atoms with Crippen LogP contribution in [0.2, 0.25) is 0 Å². The SMILES string of the molecule is CC(OC(CCO)CN(C(C)(C)C)S(C)(=O)=O)C(C)(C)C. The molecule has 0 aromatic rings. The minimum absolute atomic E-state index is 0.0245. The predicted octanol–water partition coefficient (Wildman–Crippen LogP) is 2.25. The zero-order valence-corrected chi connectivity index (χ0v) is 15.6. The van der Waals surface area contributed by atoms with Gasteiger partial charge in [0.2, 0.25) is 10.0 Å². The van der Waals surface area contributed by atoms with Crippen molar-refractivity contribution in [1.82, 2.24) is 4.31 Å². The van der Waals surface area contributed by atoms with E-state index < -0.39 is 15.6 Å². The van der Waals surface area contributed by atoms with Gasteiger partial charge in [0.25, 0.3) is 0 Å². The molecule has 0 aliphatic heterocycles. The number of hydrogen-bond donors (Lipinski definition) is 1. The summed E-state index contributed by atoms with van der Waals surface area (Å²) in [5.74, 6) is 0. The van der Waals surface area contributed by atoms with E-state index in [0.717, 1.165) is 0 Å². The summed E-state index contributed by atoms with van der Waals surface area (Å²) in [6.45, 7) is 14.0. The molecule has 0 saturated heterocycles. The van der Waals surface area contributed by atoms with Crippen LogP contribution in [0.25, 0.3) is 0 Å². The Morgan fingerprint density at radius 3 is 1.90 bits per heavy atom. The van der Waals surface area contributed by atoms with Crippen molar-refractivity contribution in [3.8, 4) is 0 Å². The topological polar surface area (TPSA) is 66.8 Å². The number of nitrogens with zero attached hydrogens (tertiary/aromatic N) is 1. The molecule has 0 saturated carbocycles. The molecule has 0 bridgehead atoms. The molecule has 21 heavy (non-hydrogen) atoms. The molecule has 0 spiro atoms. The monoisotopic (exact) mass is 323 g/mol. The molecule has 0 aliphatic rings. The third kappa shape index (κ3) is 7.58. The highest BCUT2D eigenvalue weighted by Crippen LogP contribution is 2.25. The molecular weight excluding hydrogens is 290 g/mol. The second-order valence-electron chi connectivity index (χ2n) is 7.74. The van der Waals surface area contributed by atoms with E-state index >= 15 is 0 Å². The number of rotatable bonds is 7. The third-order valence-electron chi connectivity index (χ3n) is 3.59. The molecular formula is C15H33NO4S. The van der Waals surface area contributed by atoms with E-state index in [-0.39, 0.29) is 30.8 Å². The Hall–Kier alpha value is -0.170. The Balaban J connectivity index is 5.13. The highest BCUT2D eigenvalue weighted by atomic mass is 32.2. The van der Waals surface area contributed by atoms with E-state index in [0.29, 0.717) is 6.42 Å². The molecule has 0 aromatic carbocycles. The molecule has 0 aromatic heterocycles. The van der Waals surface area contributed by atoms with Crippen molar-refractivity contribution in [3.05, 3.63) is 0 Å². The van der Waals surface area contributed by atoms with E-state index in [1.165, 1.54) is 10.6 Å². The van der Waals surface area contributed by atoms with Gasteiger partial charge in [-0.25, -0.2) is 8.42 Å². The normalized spacial score (nSPS) is 17.0. The van der Waals surface area contributed by atoms with Crippen molar-refractivity contribution in [3.63, 3.8) is 0 Å². The molecule has 1 N–H and O–H groups in total. The largest absolute Gasteiger partial charge is 0.396 e. The van der Waals surface area contributed by atoms with Gasteiger partial charge in [0.05, 0.1) is 18.5 Å². The van der Waals surface area contributed by atoms with Gasteiger partial charge in [-0.15, -0.1) is 0 Å². The summed E-state index contributed by atoms with van der Waals surface area (Å²) in [5, 5.41) is 9.22. The molecule has 6 heteroatoms. The summed E-state index contributed by atoms with van der Waals surface area (Å²) in [4.78, 5) is 0. The highest BCUT2D eigenvalue weighted by Gasteiger charge is 2.33. The lowest BCUT2D eigenvalue weighted by atomic mass is 9.90. The van der Waals surface area contributed by atoms with Gasteiger partial charge in [0.15, 0.2) is 0 Å². The first-order valence-electron chi connectivity index (χ1n) is 7.43. The van der Waals surface area contributed by atoms with Crippen LogP contribution >= 0.6 is 0 Å². The molecule has 0 heterocycles. The van der Waals surface area contributed by atoms with Crippen molar-refractivity contribution in [1.29, 1.82) is 0 Å². The Bertz CT molecular complexity index is 406. The average molecular weight is 323 g/mol. The van der Waals surface area contributed by atoms with E-state index in [2.05, 4.69) is 20.8 Å². The van der Waals surface area contributed by atoms with Crippen molar-refractivity contribution in [2.24, 2.45) is 5.41 Å². The third-order valence-corrected chi connectivity index (χ3v) is 5.08. The lowest BCUT2D eigenvalue weighted by Crippen LogP contribution is -2.50. The molecule has 0 amide bonds. The maximum absolute atomic E-state index is 12.0. The quantitative estimate of drug-likeness (QED) is 0.780. The fraction of sp³-hybridized carbons (Fsp3) is 1.00. The summed E-state index contributed by atoms with van der Waals surface area (Å²) in [7, 11) is -3.34. The Labute approximate surface area is 130 Å². The van der Waals surface area contributed by atoms with Crippen molar-refractivity contribution in [2.45, 2.75) is 72.6 Å². The van der Waals surface area contributed by atoms with Gasteiger partial charge in [-0.3, -0.25) is 0 Å². The summed E-state index contributed by atoms with van der Waals surface area (Å²) in [6, 6.07) is 0. The highest BCUT2D eigenvalue weighted by molar-refractivity contribution is 7.88. The number of aliphatic hydroxyl groups is 1. The maximum Gasteiger partial charge on any atom is 0.211 e. The Kier molecular flexibility index (Phi) is 7.34. The van der Waals surface area contributed by atoms with Crippen molar-refractivity contribution < 1.29 is 18.3 Å². The van der Waals surface area contributed by atoms with Crippen LogP contribution < -0.4 is 0 Å². The molecule has 0 rings (SSSR count). The Morgan fingerprint density at radius 1 is 1.14 bits per heavy atom. The predicted molar refractivity (Wildman–Crippen MR) is 86.8 cm³/mol.